The van der Waals surface area contributed by atoms with E-state index >= 15 is 0 Å². The largest absolute Gasteiger partial charge is 0.475 e. The number of methoxy groups -OCH3 is 3. The van der Waals surface area contributed by atoms with E-state index in [0.717, 1.165) is 0 Å². The van der Waals surface area contributed by atoms with E-state index in [0.29, 0.717) is 45.5 Å². The molecule has 6 amide bonds. The highest BCUT2D eigenvalue weighted by atomic mass is 35.5. The van der Waals surface area contributed by atoms with E-state index in [4.69, 9.17) is 29.6 Å². The molecular weight excluding hydrogens is 1360 g/mol. The van der Waals surface area contributed by atoms with Gasteiger partial charge in [-0.1, -0.05) is 4.63 Å². The van der Waals surface area contributed by atoms with E-state index < -0.39 is 76.7 Å². The number of ether oxygens (including phenoxy) is 7. The second kappa shape index (κ2) is 35.4. The number of hydrogen-bond donors (Lipinski definition) is 8. The Bertz CT molecular complexity index is 4380. The van der Waals surface area contributed by atoms with E-state index in [1.54, 1.807) is 173 Å². The van der Waals surface area contributed by atoms with Gasteiger partial charge in [0.1, 0.15) is 56.7 Å². The summed E-state index contributed by atoms with van der Waals surface area (Å²) in [6, 6.07) is 11.0. The quantitative estimate of drug-likeness (QED) is 0.0269. The molecule has 0 aliphatic carbocycles. The molecule has 8 rings (SSSR count). The van der Waals surface area contributed by atoms with Crippen LogP contribution >= 0.6 is 11.8 Å². The average molecular weight is 1440 g/mol. The zero-order chi connectivity index (χ0) is 77.1. The maximum atomic E-state index is 12.8. The molecule has 0 radical (unpaired) electrons. The van der Waals surface area contributed by atoms with Crippen molar-refractivity contribution in [3.8, 4) is 5.75 Å². The van der Waals surface area contributed by atoms with Crippen LogP contribution in [0.3, 0.4) is 0 Å². The second-order valence-corrected chi connectivity index (χ2v) is 24.9. The zero-order valence-corrected chi connectivity index (χ0v) is 60.5. The molecule has 8 heterocycles. The first kappa shape index (κ1) is 82.0. The second-order valence-electron chi connectivity index (χ2n) is 24.7. The number of hydrogen-bond acceptors (Lipinski definition) is 22. The van der Waals surface area contributed by atoms with Crippen molar-refractivity contribution in [1.29, 1.82) is 5.53 Å². The lowest BCUT2D eigenvalue weighted by molar-refractivity contribution is 0.0581. The van der Waals surface area contributed by atoms with E-state index in [-0.39, 0.29) is 46.3 Å². The molecule has 0 aromatic carbocycles. The molecule has 0 fully saturated rings. The number of aryl methyl sites for hydroxylation is 8. The van der Waals surface area contributed by atoms with Gasteiger partial charge in [0, 0.05) is 112 Å². The van der Waals surface area contributed by atoms with Gasteiger partial charge in [0.2, 0.25) is 11.6 Å². The van der Waals surface area contributed by atoms with Crippen LogP contribution in [0.1, 0.15) is 146 Å². The first-order valence-corrected chi connectivity index (χ1v) is 30.4. The number of imidazole rings is 2. The molecule has 550 valence electrons. The van der Waals surface area contributed by atoms with Gasteiger partial charge in [0.05, 0.1) is 55.9 Å². The number of carboxylic acid groups (broad SMARTS) is 1. The van der Waals surface area contributed by atoms with Gasteiger partial charge in [-0.05, 0) is 98.7 Å². The third kappa shape index (κ3) is 24.8. The van der Waals surface area contributed by atoms with E-state index in [9.17, 15) is 52.7 Å². The zero-order valence-electron chi connectivity index (χ0n) is 59.8. The summed E-state index contributed by atoms with van der Waals surface area (Å²) in [5.41, 5.74) is 7.36. The summed E-state index contributed by atoms with van der Waals surface area (Å²) < 4.78 is 49.1. The van der Waals surface area contributed by atoms with Crippen LogP contribution in [-0.2, 0) is 84.8 Å². The molecule has 0 bridgehead atoms. The fraction of sp³-hybridized carbons (Fsp3) is 0.359. The summed E-state index contributed by atoms with van der Waals surface area (Å²) >= 11 is 4.29. The Morgan fingerprint density at radius 2 is 0.745 bits per heavy atom. The topological polar surface area (TPSA) is 446 Å². The molecule has 8 aromatic rings. The number of carbonyl (C=O) groups excluding carboxylic acids is 10. The molecule has 0 saturated carbocycles. The van der Waals surface area contributed by atoms with Crippen LogP contribution in [0.2, 0.25) is 0 Å². The van der Waals surface area contributed by atoms with Crippen molar-refractivity contribution in [1.82, 2.24) is 46.5 Å². The fourth-order valence-electron chi connectivity index (χ4n) is 8.61. The Balaban J connectivity index is 0.000000296. The molecule has 102 heavy (non-hydrogen) atoms. The number of anilines is 6. The maximum absolute atomic E-state index is 12.8. The lowest BCUT2D eigenvalue weighted by atomic mass is 10.2. The molecule has 0 aliphatic rings. The lowest BCUT2D eigenvalue weighted by Crippen LogP contribution is -2.27. The van der Waals surface area contributed by atoms with Gasteiger partial charge in [0.25, 0.3) is 17.7 Å². The van der Waals surface area contributed by atoms with E-state index in [1.807, 2.05) is 0 Å². The lowest BCUT2D eigenvalue weighted by Gasteiger charge is -2.19. The Kier molecular flexibility index (Phi) is 28.4. The van der Waals surface area contributed by atoms with Gasteiger partial charge in [0.15, 0.2) is 11.6 Å². The van der Waals surface area contributed by atoms with Gasteiger partial charge < -0.3 is 90.8 Å². The average Bonchev–Trinajstić information content (AvgIpc) is 1.69. The molecule has 38 heteroatoms. The highest BCUT2D eigenvalue weighted by molar-refractivity contribution is 6.13. The standard InChI is InChI=1S/C23H28N6O7.C18H24N4O5.C13H15N3O3.C10H15N3O4.ClHN2/c1-23(2,3)36-22(33)26-17-12-29(6)18(25-17)19(30)24-13-8-15(27(4)10-13)21(32)35-14-9-16(20(31)34-7)28(5)11-14;1-18(2,3)27-17(25)20-12-7-13(21(4)10-12)15(23)19-11-8-14(16(24)26-6)22(5)9-11;1-15-6-4-5-10(15)12(17)14-9-7-11(13(18)19-3)16(2)8-9;1-10(2,3)17-9(16)12-6-5-13(4)7(11-6)8(14)15;1-3-2/h8-12H,1-7H3,(H,24,30)(H,26,33);7-10H,1-6H3,(H,19,23)(H,20,25);4-8H,1-3H3,(H,14,17);5H,1-4H3,(H,12,16)(H,14,15);2H. The van der Waals surface area contributed by atoms with Crippen molar-refractivity contribution in [2.45, 2.75) is 79.1 Å². The molecule has 8 N–H and O–H groups in total. The normalized spacial score (nSPS) is 10.7. The molecule has 37 nitrogen and oxygen atoms in total. The van der Waals surface area contributed by atoms with Gasteiger partial charge in [-0.15, -0.1) is 0 Å². The SMILES string of the molecule is COC(=O)c1cc(NC(=O)c2cc(NC(=O)OC(C)(C)C)cn2C)cn1C.COC(=O)c1cc(NC(=O)c2cccn2C)cn1C.COC(=O)c1cc(OC(=O)c2cc(NC(=O)c3nc(NC(=O)OC(C)(C)C)cn3C)cn2C)cn1C.Cn1cc(NC(=O)OC(C)(C)C)nc1C(=O)O.N=NCl. The number of aromatic carboxylic acids is 1. The number of amides is 6. The van der Waals surface area contributed by atoms with Crippen molar-refractivity contribution >= 4 is 112 Å². The van der Waals surface area contributed by atoms with Gasteiger partial charge in [-0.3, -0.25) is 30.3 Å². The smallest absolute Gasteiger partial charge is 0.413 e. The Labute approximate surface area is 589 Å². The number of carboxylic acids is 1. The number of aromatic nitrogens is 10. The predicted octanol–water partition coefficient (Wildman–Crippen LogP) is 9.49. The van der Waals surface area contributed by atoms with Gasteiger partial charge >= 0.3 is 48.1 Å². The van der Waals surface area contributed by atoms with Crippen LogP contribution in [-0.4, -0.2) is 156 Å². The first-order valence-electron chi connectivity index (χ1n) is 30.0. The summed E-state index contributed by atoms with van der Waals surface area (Å²) in [5.74, 6) is -4.24. The summed E-state index contributed by atoms with van der Waals surface area (Å²) in [4.78, 5) is 139. The maximum Gasteiger partial charge on any atom is 0.413 e. The first-order chi connectivity index (χ1) is 47.4. The number of nitrogens with zero attached hydrogens (tertiary/aromatic N) is 11. The Morgan fingerprint density at radius 1 is 0.422 bits per heavy atom. The molecule has 0 aliphatic heterocycles. The Hall–Kier alpha value is -12.4. The molecule has 0 spiro atoms. The highest BCUT2D eigenvalue weighted by Crippen LogP contribution is 2.24. The Morgan fingerprint density at radius 3 is 1.12 bits per heavy atom. The molecule has 0 atom stereocenters. The van der Waals surface area contributed by atoms with Crippen molar-refractivity contribution in [3.63, 3.8) is 0 Å². The minimum atomic E-state index is -1.16. The highest BCUT2D eigenvalue weighted by Gasteiger charge is 2.25. The molecule has 0 saturated heterocycles. The van der Waals surface area contributed by atoms with Crippen LogP contribution in [0.4, 0.5) is 48.8 Å². The van der Waals surface area contributed by atoms with Gasteiger partial charge in [-0.2, -0.15) is 5.53 Å². The molecule has 0 unspecified atom stereocenters. The third-order valence-corrected chi connectivity index (χ3v) is 12.8. The third-order valence-electron chi connectivity index (χ3n) is 12.8. The summed E-state index contributed by atoms with van der Waals surface area (Å²) in [7, 11) is 17.1. The van der Waals surface area contributed by atoms with Crippen LogP contribution in [0.5, 0.6) is 5.75 Å². The van der Waals surface area contributed by atoms with Crippen molar-refractivity contribution < 1.29 is 91.0 Å². The van der Waals surface area contributed by atoms with Crippen molar-refractivity contribution in [2.75, 3.05) is 53.2 Å². The minimum absolute atomic E-state index is 0.0219. The molecule has 8 aromatic heterocycles. The number of nitrogens with one attached hydrogen (secondary N) is 7. The number of rotatable bonds is 15. The van der Waals surface area contributed by atoms with Gasteiger partial charge in [-0.25, -0.2) is 48.3 Å². The number of carbonyl (C=O) groups is 11. The number of esters is 4. The monoisotopic (exact) mass is 1440 g/mol. The van der Waals surface area contributed by atoms with Crippen LogP contribution < -0.4 is 36.6 Å². The van der Waals surface area contributed by atoms with Crippen LogP contribution in [0.15, 0.2) is 96.7 Å². The van der Waals surface area contributed by atoms with E-state index in [2.05, 4.69) is 72.5 Å². The minimum Gasteiger partial charge on any atom is -0.475 e. The van der Waals surface area contributed by atoms with Crippen LogP contribution in [0, 0.1) is 5.53 Å². The molecular formula is C64H83ClN18O19. The summed E-state index contributed by atoms with van der Waals surface area (Å²) in [6.07, 6.45) is 10.5. The summed E-state index contributed by atoms with van der Waals surface area (Å²) in [5, 5.41) is 24.3. The van der Waals surface area contributed by atoms with Crippen molar-refractivity contribution in [2.24, 2.45) is 61.0 Å². The summed E-state index contributed by atoms with van der Waals surface area (Å²) in [6.45, 7) is 15.7. The van der Waals surface area contributed by atoms with Crippen molar-refractivity contribution in [3.05, 3.63) is 138 Å². The fourth-order valence-corrected chi connectivity index (χ4v) is 8.61. The van der Waals surface area contributed by atoms with Crippen LogP contribution in [0.25, 0.3) is 0 Å². The predicted molar refractivity (Wildman–Crippen MR) is 369 cm³/mol. The van der Waals surface area contributed by atoms with E-state index in [1.165, 1.54) is 95.7 Å². The number of halogens is 1.